The van der Waals surface area contributed by atoms with Gasteiger partial charge in [-0.15, -0.1) is 0 Å². The fraction of sp³-hybridized carbons (Fsp3) is 0.946. The topological polar surface area (TPSA) is 158 Å². The molecule has 24 aliphatic rings. The van der Waals surface area contributed by atoms with E-state index in [1.54, 1.807) is 0 Å². The minimum absolute atomic E-state index is 0.0140. The van der Waals surface area contributed by atoms with Crippen LogP contribution in [0.4, 0.5) is 0 Å². The van der Waals surface area contributed by atoms with Crippen molar-refractivity contribution in [2.45, 2.75) is 484 Å². The van der Waals surface area contributed by atoms with Crippen molar-refractivity contribution in [2.24, 2.45) is 179 Å². The molecule has 12 heteroatoms. The van der Waals surface area contributed by atoms with Crippen molar-refractivity contribution in [1.82, 2.24) is 0 Å². The molecule has 0 aromatic heterocycles. The molecule has 24 rings (SSSR count). The van der Waals surface area contributed by atoms with Gasteiger partial charge in [0.25, 0.3) is 0 Å². The maximum absolute atomic E-state index is 12.8. The van der Waals surface area contributed by atoms with Gasteiger partial charge < -0.3 is 28.4 Å². The van der Waals surface area contributed by atoms with Crippen LogP contribution in [0.3, 0.4) is 0 Å². The second kappa shape index (κ2) is 35.1. The Hall–Kier alpha value is -3.18. The highest BCUT2D eigenvalue weighted by molar-refractivity contribution is 5.79. The van der Waals surface area contributed by atoms with Gasteiger partial charge >= 0.3 is 35.8 Å². The number of hydrogen-bond acceptors (Lipinski definition) is 12. The van der Waals surface area contributed by atoms with Crippen molar-refractivity contribution in [3.63, 3.8) is 0 Å². The molecule has 0 N–H and O–H groups in total. The van der Waals surface area contributed by atoms with Crippen LogP contribution in [0.5, 0.6) is 0 Å². The summed E-state index contributed by atoms with van der Waals surface area (Å²) in [6.45, 7) is 59.8. The standard InChI is InChI=1S/C20H34O2.2C19H32O2.2C18H30O2.C17H28O2/c1-6-8-20(22-17(21)18(3,4)7-2)15-9-14-10-16(20)13-19(5,11-14)12-15;1-6-18(4,5)17(20)21-19(12(2)3)15-8-13-7-14(10-15)11-16(19)9-13;1-6-17(3,4)16(20)21-19(7-2)14-8-13-9-15(19)12-18(5,10-13)11-14;1-6-16(2,3)15(19)20-18(5)13-7-12-8-14(18)11-17(4,9-12)10-13;1-5-17(3,4)16(19)20-18(6-2)14-8-12-7-13(10-14)11-15(18)9-12;1-5-16(2,3)15(18)19-17(4)13-7-11-6-12(9-13)10-14(17)8-11/h14-16H,6-13H2,1-5H3;12-16H,6-11H2,1-5H3;13-15H,6-12H2,1-5H3;12-14H,6-11H2,1-5H3;12-15H,5-11H2,1-4H3;11-14H,5-10H2,1-4H3. The molecule has 0 amide bonds. The summed E-state index contributed by atoms with van der Waals surface area (Å²) < 4.78 is 37.7. The van der Waals surface area contributed by atoms with E-state index in [9.17, 15) is 28.8 Å². The molecule has 24 fully saturated rings. The molecule has 0 aromatic rings. The summed E-state index contributed by atoms with van der Waals surface area (Å²) in [5, 5.41) is 0. The van der Waals surface area contributed by atoms with Crippen LogP contribution < -0.4 is 0 Å². The van der Waals surface area contributed by atoms with Gasteiger partial charge in [-0.2, -0.15) is 0 Å². The van der Waals surface area contributed by atoms with Gasteiger partial charge in [0, 0.05) is 0 Å². The van der Waals surface area contributed by atoms with Gasteiger partial charge in [0.2, 0.25) is 0 Å². The molecule has 6 atom stereocenters. The maximum Gasteiger partial charge on any atom is 0.312 e. The first kappa shape index (κ1) is 97.4. The number of rotatable bonds is 23. The molecule has 0 spiro atoms. The van der Waals surface area contributed by atoms with Crippen molar-refractivity contribution < 1.29 is 57.2 Å². The number of carbonyl (C=O) groups excluding carboxylic acids is 6. The van der Waals surface area contributed by atoms with Gasteiger partial charge in [-0.25, -0.2) is 0 Å². The quantitative estimate of drug-likeness (QED) is 0.0705. The molecule has 123 heavy (non-hydrogen) atoms. The number of hydrogen-bond donors (Lipinski definition) is 0. The van der Waals surface area contributed by atoms with Crippen molar-refractivity contribution in [2.75, 3.05) is 0 Å². The molecule has 0 radical (unpaired) electrons. The highest BCUT2D eigenvalue weighted by Crippen LogP contribution is 2.71. The number of ether oxygens (including phenoxy) is 6. The summed E-state index contributed by atoms with van der Waals surface area (Å²) >= 11 is 0. The van der Waals surface area contributed by atoms with E-state index in [1.165, 1.54) is 193 Å². The van der Waals surface area contributed by atoms with Gasteiger partial charge in [-0.3, -0.25) is 28.8 Å². The SMILES string of the molecule is CCC(C)(C)C(=O)OC1(C(C)C)C2CC3CC(C2)CC1C3.CCC(C)(C)C(=O)OC1(C)C2CC3CC(C2)CC1C3.CCC(C)(C)C(=O)OC1(C)C2CC3CC1CC(C)(C3)C2.CCC(C)(C)C(=O)OC1(CC)C2CC3CC(C2)CC1C3.CCC(C)(C)C(=O)OC1(CC)C2CC3CC1CC(C)(C3)C2.CCCC1(OC(=O)C(C)(C)CC)C2CC3CC1CC(C)(C3)C2. The second-order valence-corrected chi connectivity index (χ2v) is 52.8. The lowest BCUT2D eigenvalue weighted by molar-refractivity contribution is -0.232. The van der Waals surface area contributed by atoms with Crippen LogP contribution in [0.2, 0.25) is 0 Å². The maximum atomic E-state index is 12.8. The summed E-state index contributed by atoms with van der Waals surface area (Å²) in [6.07, 6.45) is 48.8. The Labute approximate surface area is 751 Å². The van der Waals surface area contributed by atoms with Crippen LogP contribution in [0.1, 0.15) is 451 Å². The molecule has 702 valence electrons. The third-order valence-electron chi connectivity index (χ3n) is 41.6. The summed E-state index contributed by atoms with van der Waals surface area (Å²) in [4.78, 5) is 76.0. The highest BCUT2D eigenvalue weighted by Gasteiger charge is 2.68. The van der Waals surface area contributed by atoms with Gasteiger partial charge in [0.05, 0.1) is 32.5 Å². The van der Waals surface area contributed by atoms with E-state index in [0.29, 0.717) is 93.2 Å². The van der Waals surface area contributed by atoms with Crippen molar-refractivity contribution >= 4 is 35.8 Å². The lowest BCUT2D eigenvalue weighted by Gasteiger charge is -2.64. The van der Waals surface area contributed by atoms with Crippen LogP contribution in [0, 0.1) is 179 Å². The Morgan fingerprint density at radius 1 is 0.252 bits per heavy atom. The first-order chi connectivity index (χ1) is 57.2. The first-order valence-electron chi connectivity index (χ1n) is 52.6. The average Bonchev–Trinajstić information content (AvgIpc) is 0.734. The van der Waals surface area contributed by atoms with Crippen molar-refractivity contribution in [3.05, 3.63) is 0 Å². The second-order valence-electron chi connectivity index (χ2n) is 52.8. The lowest BCUT2D eigenvalue weighted by Crippen LogP contribution is -2.63. The Balaban J connectivity index is 0.000000127. The van der Waals surface area contributed by atoms with Crippen LogP contribution in [-0.4, -0.2) is 69.4 Å². The Morgan fingerprint density at radius 2 is 0.463 bits per heavy atom. The number of carbonyl (C=O) groups is 6. The summed E-state index contributed by atoms with van der Waals surface area (Å²) in [5.74, 6) is 16.2. The van der Waals surface area contributed by atoms with Crippen molar-refractivity contribution in [1.29, 1.82) is 0 Å². The van der Waals surface area contributed by atoms with Gasteiger partial charge in [0.1, 0.15) is 33.6 Å². The monoisotopic (exact) mass is 1710 g/mol. The minimum atomic E-state index is -0.351. The minimum Gasteiger partial charge on any atom is -0.458 e. The van der Waals surface area contributed by atoms with Gasteiger partial charge in [-0.1, -0.05) is 103 Å². The fourth-order valence-corrected chi connectivity index (χ4v) is 32.5. The van der Waals surface area contributed by atoms with E-state index in [-0.39, 0.29) is 102 Å². The smallest absolute Gasteiger partial charge is 0.312 e. The van der Waals surface area contributed by atoms with Crippen LogP contribution in [0.25, 0.3) is 0 Å². The molecule has 24 aliphatic carbocycles. The largest absolute Gasteiger partial charge is 0.458 e. The molecule has 0 aliphatic heterocycles. The third kappa shape index (κ3) is 18.3. The predicted octanol–water partition coefficient (Wildman–Crippen LogP) is 28.5. The third-order valence-corrected chi connectivity index (χ3v) is 41.6. The normalized spacial score (nSPS) is 43.9. The summed E-state index contributed by atoms with van der Waals surface area (Å²) in [5.41, 5.74) is -1.43. The fourth-order valence-electron chi connectivity index (χ4n) is 32.5. The van der Waals surface area contributed by atoms with Crippen molar-refractivity contribution in [3.8, 4) is 0 Å². The first-order valence-corrected chi connectivity index (χ1v) is 52.6. The zero-order chi connectivity index (χ0) is 90.2. The van der Waals surface area contributed by atoms with Gasteiger partial charge in [0.15, 0.2) is 0 Å². The zero-order valence-corrected chi connectivity index (χ0v) is 84.4. The van der Waals surface area contributed by atoms with Crippen LogP contribution in [0.15, 0.2) is 0 Å². The molecule has 0 heterocycles. The van der Waals surface area contributed by atoms with E-state index < -0.39 is 0 Å². The Morgan fingerprint density at radius 3 is 0.724 bits per heavy atom. The molecule has 6 unspecified atom stereocenters. The summed E-state index contributed by atoms with van der Waals surface area (Å²) in [7, 11) is 0. The summed E-state index contributed by atoms with van der Waals surface area (Å²) in [6, 6.07) is 0. The van der Waals surface area contributed by atoms with Crippen LogP contribution >= 0.6 is 0 Å². The molecular formula is C111H186O12. The lowest BCUT2D eigenvalue weighted by atomic mass is 9.44. The molecule has 0 saturated heterocycles. The van der Waals surface area contributed by atoms with Gasteiger partial charge in [-0.05, 0) is 494 Å². The van der Waals surface area contributed by atoms with E-state index in [2.05, 4.69) is 111 Å². The Kier molecular flexibility index (Phi) is 27.8. The highest BCUT2D eigenvalue weighted by atomic mass is 16.6. The Bertz CT molecular complexity index is 3610. The zero-order valence-electron chi connectivity index (χ0n) is 84.4. The molecular weight excluding hydrogens is 1530 g/mol. The predicted molar refractivity (Wildman–Crippen MR) is 495 cm³/mol. The van der Waals surface area contributed by atoms with Crippen LogP contribution in [-0.2, 0) is 57.2 Å². The van der Waals surface area contributed by atoms with E-state index in [1.807, 2.05) is 83.1 Å². The average molecular weight is 1710 g/mol. The molecule has 24 saturated carbocycles. The molecule has 24 bridgehead atoms. The molecule has 0 aromatic carbocycles. The molecule has 12 nitrogen and oxygen atoms in total. The van der Waals surface area contributed by atoms with E-state index >= 15 is 0 Å². The number of esters is 6. The van der Waals surface area contributed by atoms with E-state index in [0.717, 1.165) is 117 Å². The van der Waals surface area contributed by atoms with E-state index in [4.69, 9.17) is 28.4 Å².